The molecule has 0 saturated heterocycles. The summed E-state index contributed by atoms with van der Waals surface area (Å²) in [7, 11) is 0. The van der Waals surface area contributed by atoms with Crippen molar-refractivity contribution in [2.24, 2.45) is 0 Å². The van der Waals surface area contributed by atoms with Gasteiger partial charge in [0.15, 0.2) is 0 Å². The van der Waals surface area contributed by atoms with Gasteiger partial charge in [0.1, 0.15) is 0 Å². The maximum Gasteiger partial charge on any atom is 0.416 e. The van der Waals surface area contributed by atoms with Crippen LogP contribution in [0.4, 0.5) is 30.7 Å². The predicted molar refractivity (Wildman–Crippen MR) is 53.2 cm³/mol. The molecular weight excluding hydrogens is 297 g/mol. The van der Waals surface area contributed by atoms with E-state index in [9.17, 15) is 35.5 Å². The Balaban J connectivity index is 3.47. The van der Waals surface area contributed by atoms with Crippen LogP contribution in [0.1, 0.15) is 16.7 Å². The lowest BCUT2D eigenvalue weighted by Crippen LogP contribution is -2.11. The van der Waals surface area contributed by atoms with Crippen LogP contribution >= 0.6 is 0 Å². The second-order valence-electron chi connectivity index (χ2n) is 3.64. The van der Waals surface area contributed by atoms with Crippen molar-refractivity contribution in [3.8, 4) is 0 Å². The molecule has 1 rings (SSSR count). The van der Waals surface area contributed by atoms with Crippen molar-refractivity contribution in [3.63, 3.8) is 0 Å². The first-order chi connectivity index (χ1) is 8.91. The zero-order valence-corrected chi connectivity index (χ0v) is 9.31. The Kier molecular flexibility index (Phi) is 4.11. The largest absolute Gasteiger partial charge is 0.476 e. The maximum atomic E-state index is 12.8. The molecule has 0 spiro atoms. The van der Waals surface area contributed by atoms with Crippen LogP contribution in [-0.4, -0.2) is 11.1 Å². The Morgan fingerprint density at radius 2 is 1.35 bits per heavy atom. The fraction of sp³-hybridized carbons (Fsp3) is 0.182. The number of aliphatic carboxylic acids is 1. The van der Waals surface area contributed by atoms with Gasteiger partial charge in [-0.3, -0.25) is 0 Å². The molecule has 0 aliphatic rings. The summed E-state index contributed by atoms with van der Waals surface area (Å²) in [5.74, 6) is -3.98. The van der Waals surface area contributed by atoms with Crippen molar-refractivity contribution in [1.82, 2.24) is 0 Å². The van der Waals surface area contributed by atoms with Gasteiger partial charge in [-0.15, -0.1) is 0 Å². The van der Waals surface area contributed by atoms with Gasteiger partial charge in [-0.25, -0.2) is 4.79 Å². The molecule has 1 aromatic carbocycles. The Bertz CT molecular complexity index is 523. The first-order valence-corrected chi connectivity index (χ1v) is 4.81. The third kappa shape index (κ3) is 3.97. The molecule has 0 heterocycles. The van der Waals surface area contributed by atoms with Gasteiger partial charge in [0.2, 0.25) is 5.83 Å². The molecule has 1 N–H and O–H groups in total. The number of halogens is 7. The van der Waals surface area contributed by atoms with E-state index in [1.165, 1.54) is 0 Å². The molecule has 1 aromatic rings. The topological polar surface area (TPSA) is 37.3 Å². The SMILES string of the molecule is O=C(O)C(F)=Cc1cc(C(F)(F)F)cc(C(F)(F)F)c1. The van der Waals surface area contributed by atoms with Gasteiger partial charge in [0, 0.05) is 0 Å². The normalized spacial score (nSPS) is 13.4. The fourth-order valence-electron chi connectivity index (χ4n) is 1.27. The molecule has 0 saturated carbocycles. The molecule has 2 nitrogen and oxygen atoms in total. The van der Waals surface area contributed by atoms with E-state index in [1.54, 1.807) is 0 Å². The van der Waals surface area contributed by atoms with Gasteiger partial charge in [0.05, 0.1) is 11.1 Å². The fourth-order valence-corrected chi connectivity index (χ4v) is 1.27. The molecule has 110 valence electrons. The number of hydrogen-bond donors (Lipinski definition) is 1. The average molecular weight is 302 g/mol. The minimum atomic E-state index is -5.08. The second-order valence-corrected chi connectivity index (χ2v) is 3.64. The molecule has 0 amide bonds. The summed E-state index contributed by atoms with van der Waals surface area (Å²) in [6.07, 6.45) is -10.1. The van der Waals surface area contributed by atoms with Crippen LogP contribution in [0.25, 0.3) is 6.08 Å². The lowest BCUT2D eigenvalue weighted by molar-refractivity contribution is -0.143. The van der Waals surface area contributed by atoms with Crippen molar-refractivity contribution in [2.75, 3.05) is 0 Å². The summed E-state index contributed by atoms with van der Waals surface area (Å²) in [5, 5.41) is 8.21. The summed E-state index contributed by atoms with van der Waals surface area (Å²) in [4.78, 5) is 10.2. The van der Waals surface area contributed by atoms with E-state index >= 15 is 0 Å². The lowest BCUT2D eigenvalue weighted by Gasteiger charge is -2.12. The summed E-state index contributed by atoms with van der Waals surface area (Å²) in [6.45, 7) is 0. The van der Waals surface area contributed by atoms with Crippen LogP contribution in [-0.2, 0) is 17.1 Å². The number of rotatable bonds is 2. The van der Waals surface area contributed by atoms with Crippen molar-refractivity contribution in [1.29, 1.82) is 0 Å². The Hall–Kier alpha value is -2.06. The zero-order chi connectivity index (χ0) is 15.7. The molecule has 0 fully saturated rings. The number of hydrogen-bond acceptors (Lipinski definition) is 1. The van der Waals surface area contributed by atoms with Crippen LogP contribution in [0.5, 0.6) is 0 Å². The highest BCUT2D eigenvalue weighted by atomic mass is 19.4. The first kappa shape index (κ1) is 16.0. The zero-order valence-electron chi connectivity index (χ0n) is 9.31. The predicted octanol–water partition coefficient (Wildman–Crippen LogP) is 4.12. The molecule has 0 aliphatic heterocycles. The molecule has 0 bridgehead atoms. The van der Waals surface area contributed by atoms with E-state index in [4.69, 9.17) is 5.11 Å². The van der Waals surface area contributed by atoms with E-state index in [2.05, 4.69) is 0 Å². The highest BCUT2D eigenvalue weighted by molar-refractivity contribution is 5.89. The lowest BCUT2D eigenvalue weighted by atomic mass is 10.0. The van der Waals surface area contributed by atoms with Crippen molar-refractivity contribution < 1.29 is 40.6 Å². The monoisotopic (exact) mass is 302 g/mol. The molecule has 0 radical (unpaired) electrons. The van der Waals surface area contributed by atoms with Crippen LogP contribution in [0, 0.1) is 0 Å². The molecule has 0 aliphatic carbocycles. The van der Waals surface area contributed by atoms with Crippen LogP contribution in [0.2, 0.25) is 0 Å². The van der Waals surface area contributed by atoms with E-state index in [-0.39, 0.29) is 24.3 Å². The van der Waals surface area contributed by atoms with Crippen molar-refractivity contribution >= 4 is 12.0 Å². The summed E-state index contributed by atoms with van der Waals surface area (Å²) < 4.78 is 87.4. The number of carboxylic acids is 1. The summed E-state index contributed by atoms with van der Waals surface area (Å²) in [6, 6.07) is 0.297. The van der Waals surface area contributed by atoms with Crippen LogP contribution in [0.3, 0.4) is 0 Å². The first-order valence-electron chi connectivity index (χ1n) is 4.81. The Labute approximate surface area is 107 Å². The third-order valence-corrected chi connectivity index (χ3v) is 2.11. The van der Waals surface area contributed by atoms with E-state index in [1.807, 2.05) is 0 Å². The van der Waals surface area contributed by atoms with Gasteiger partial charge in [-0.05, 0) is 29.8 Å². The number of alkyl halides is 6. The molecule has 9 heteroatoms. The number of carbonyl (C=O) groups is 1. The highest BCUT2D eigenvalue weighted by Gasteiger charge is 2.36. The highest BCUT2D eigenvalue weighted by Crippen LogP contribution is 2.36. The molecule has 20 heavy (non-hydrogen) atoms. The summed E-state index contributed by atoms with van der Waals surface area (Å²) >= 11 is 0. The summed E-state index contributed by atoms with van der Waals surface area (Å²) in [5.41, 5.74) is -4.17. The molecule has 0 unspecified atom stereocenters. The van der Waals surface area contributed by atoms with Crippen LogP contribution in [0.15, 0.2) is 24.0 Å². The van der Waals surface area contributed by atoms with Gasteiger partial charge in [-0.1, -0.05) is 0 Å². The third-order valence-electron chi connectivity index (χ3n) is 2.11. The molecular formula is C11H5F7O2. The van der Waals surface area contributed by atoms with Gasteiger partial charge in [0.25, 0.3) is 0 Å². The molecule has 0 aromatic heterocycles. The Morgan fingerprint density at radius 3 is 1.65 bits per heavy atom. The minimum Gasteiger partial charge on any atom is -0.476 e. The second kappa shape index (κ2) is 5.14. The van der Waals surface area contributed by atoms with Crippen molar-refractivity contribution in [3.05, 3.63) is 40.7 Å². The smallest absolute Gasteiger partial charge is 0.416 e. The number of benzene rings is 1. The Morgan fingerprint density at radius 1 is 0.950 bits per heavy atom. The van der Waals surface area contributed by atoms with Crippen LogP contribution < -0.4 is 0 Å². The van der Waals surface area contributed by atoms with Gasteiger partial charge in [-0.2, -0.15) is 30.7 Å². The van der Waals surface area contributed by atoms with Crippen molar-refractivity contribution in [2.45, 2.75) is 12.4 Å². The van der Waals surface area contributed by atoms with E-state index < -0.39 is 40.8 Å². The maximum absolute atomic E-state index is 12.8. The van der Waals surface area contributed by atoms with E-state index in [0.717, 1.165) is 0 Å². The van der Waals surface area contributed by atoms with Gasteiger partial charge >= 0.3 is 18.3 Å². The quantitative estimate of drug-likeness (QED) is 0.659. The van der Waals surface area contributed by atoms with E-state index in [0.29, 0.717) is 0 Å². The molecule has 0 atom stereocenters. The van der Waals surface area contributed by atoms with Gasteiger partial charge < -0.3 is 5.11 Å². The minimum absolute atomic E-state index is 0.0762. The standard InChI is InChI=1S/C11H5F7O2/c12-8(9(19)20)3-5-1-6(10(13,14)15)4-7(2-5)11(16,17)18/h1-4H,(H,19,20). The number of carboxylic acid groups (broad SMARTS) is 1. The average Bonchev–Trinajstić information content (AvgIpc) is 2.26.